The molecule has 0 aromatic heterocycles. The lowest BCUT2D eigenvalue weighted by atomic mass is 10.0. The Morgan fingerprint density at radius 1 is 0.952 bits per heavy atom. The summed E-state index contributed by atoms with van der Waals surface area (Å²) in [7, 11) is -5.24. The number of alkyl halides is 6. The number of benzene rings is 1. The Hall–Kier alpha value is -1.12. The SMILES string of the molecule is O=P(O)(O)c1ccc(CC(F)(F)F)c(CC(F)(F)F)c1F. The minimum atomic E-state index is -5.24. The van der Waals surface area contributed by atoms with Gasteiger partial charge in [-0.3, -0.25) is 4.57 Å². The van der Waals surface area contributed by atoms with Gasteiger partial charge in [0.25, 0.3) is 0 Å². The maximum atomic E-state index is 13.8. The molecule has 0 radical (unpaired) electrons. The van der Waals surface area contributed by atoms with E-state index in [1.54, 1.807) is 0 Å². The van der Waals surface area contributed by atoms with Crippen LogP contribution in [0, 0.1) is 5.82 Å². The molecule has 0 saturated heterocycles. The molecule has 3 nitrogen and oxygen atoms in total. The third-order valence-corrected chi connectivity index (χ3v) is 3.37. The summed E-state index contributed by atoms with van der Waals surface area (Å²) in [5.74, 6) is -1.97. The normalized spacial score (nSPS) is 13.6. The largest absolute Gasteiger partial charge is 0.393 e. The fourth-order valence-electron chi connectivity index (χ4n) is 1.65. The van der Waals surface area contributed by atoms with Crippen LogP contribution < -0.4 is 5.30 Å². The van der Waals surface area contributed by atoms with E-state index in [0.717, 1.165) is 0 Å². The number of halogens is 7. The third kappa shape index (κ3) is 5.29. The molecule has 1 rings (SSSR count). The van der Waals surface area contributed by atoms with E-state index in [0.29, 0.717) is 12.1 Å². The standard InChI is InChI=1S/C10H8F7O3P/c11-8-6(4-10(15,16)17)5(3-9(12,13)14)1-2-7(8)21(18,19)20/h1-2H,3-4H2,(H2,18,19,20). The van der Waals surface area contributed by atoms with Crippen molar-refractivity contribution in [2.24, 2.45) is 0 Å². The van der Waals surface area contributed by atoms with E-state index in [9.17, 15) is 35.3 Å². The van der Waals surface area contributed by atoms with Crippen LogP contribution in [-0.4, -0.2) is 22.1 Å². The first-order chi connectivity index (χ1) is 9.21. The van der Waals surface area contributed by atoms with Crippen molar-refractivity contribution in [3.8, 4) is 0 Å². The van der Waals surface area contributed by atoms with Gasteiger partial charge in [0.05, 0.1) is 18.1 Å². The molecule has 0 bridgehead atoms. The van der Waals surface area contributed by atoms with E-state index in [1.165, 1.54) is 0 Å². The minimum absolute atomic E-state index is 0.358. The number of hydrogen-bond donors (Lipinski definition) is 2. The van der Waals surface area contributed by atoms with Gasteiger partial charge in [0.2, 0.25) is 0 Å². The molecule has 0 saturated carbocycles. The molecule has 0 fully saturated rings. The van der Waals surface area contributed by atoms with Gasteiger partial charge in [0, 0.05) is 5.56 Å². The molecule has 0 aliphatic carbocycles. The summed E-state index contributed by atoms with van der Waals surface area (Å²) in [6.45, 7) is 0. The van der Waals surface area contributed by atoms with Gasteiger partial charge >= 0.3 is 19.9 Å². The van der Waals surface area contributed by atoms with Crippen LogP contribution in [0.5, 0.6) is 0 Å². The van der Waals surface area contributed by atoms with Gasteiger partial charge < -0.3 is 9.79 Å². The molecule has 21 heavy (non-hydrogen) atoms. The Kier molecular flexibility index (Phi) is 4.77. The van der Waals surface area contributed by atoms with E-state index < -0.39 is 55.0 Å². The van der Waals surface area contributed by atoms with E-state index in [4.69, 9.17) is 9.79 Å². The molecule has 0 aliphatic heterocycles. The van der Waals surface area contributed by atoms with Gasteiger partial charge in [0.1, 0.15) is 5.82 Å². The lowest BCUT2D eigenvalue weighted by molar-refractivity contribution is -0.132. The lowest BCUT2D eigenvalue weighted by Crippen LogP contribution is -2.23. The summed E-state index contributed by atoms with van der Waals surface area (Å²) in [5.41, 5.74) is -2.44. The molecule has 0 amide bonds. The van der Waals surface area contributed by atoms with Crippen molar-refractivity contribution in [2.75, 3.05) is 0 Å². The third-order valence-electron chi connectivity index (χ3n) is 2.40. The zero-order valence-electron chi connectivity index (χ0n) is 9.96. The summed E-state index contributed by atoms with van der Waals surface area (Å²) >= 11 is 0. The zero-order chi connectivity index (χ0) is 16.6. The van der Waals surface area contributed by atoms with Gasteiger partial charge in [-0.05, 0) is 11.6 Å². The summed E-state index contributed by atoms with van der Waals surface area (Å²) in [6.07, 6.45) is -13.8. The second-order valence-electron chi connectivity index (χ2n) is 4.16. The Balaban J connectivity index is 3.46. The monoisotopic (exact) mass is 340 g/mol. The van der Waals surface area contributed by atoms with Crippen molar-refractivity contribution in [1.29, 1.82) is 0 Å². The highest BCUT2D eigenvalue weighted by molar-refractivity contribution is 7.60. The molecule has 0 heterocycles. The summed E-state index contributed by atoms with van der Waals surface area (Å²) < 4.78 is 98.4. The maximum Gasteiger partial charge on any atom is 0.393 e. The fraction of sp³-hybridized carbons (Fsp3) is 0.400. The van der Waals surface area contributed by atoms with Gasteiger partial charge in [-0.2, -0.15) is 26.3 Å². The quantitative estimate of drug-likeness (QED) is 0.657. The van der Waals surface area contributed by atoms with E-state index in [-0.39, 0.29) is 0 Å². The maximum absolute atomic E-state index is 13.8. The van der Waals surface area contributed by atoms with Crippen LogP contribution in [-0.2, 0) is 17.4 Å². The molecular weight excluding hydrogens is 332 g/mol. The highest BCUT2D eigenvalue weighted by Crippen LogP contribution is 2.37. The molecule has 0 atom stereocenters. The Morgan fingerprint density at radius 2 is 1.43 bits per heavy atom. The molecule has 1 aromatic carbocycles. The average molecular weight is 340 g/mol. The molecule has 1 aromatic rings. The van der Waals surface area contributed by atoms with Crippen LogP contribution in [0.1, 0.15) is 11.1 Å². The molecular formula is C10H8F7O3P. The zero-order valence-corrected chi connectivity index (χ0v) is 10.9. The smallest absolute Gasteiger partial charge is 0.321 e. The topological polar surface area (TPSA) is 57.5 Å². The molecule has 11 heteroatoms. The van der Waals surface area contributed by atoms with Crippen molar-refractivity contribution in [3.63, 3.8) is 0 Å². The molecule has 0 unspecified atom stereocenters. The first kappa shape index (κ1) is 17.9. The fourth-order valence-corrected chi connectivity index (χ4v) is 2.31. The van der Waals surface area contributed by atoms with Gasteiger partial charge in [-0.15, -0.1) is 0 Å². The van der Waals surface area contributed by atoms with Crippen molar-refractivity contribution in [1.82, 2.24) is 0 Å². The van der Waals surface area contributed by atoms with E-state index in [1.807, 2.05) is 0 Å². The Labute approximate surface area is 113 Å². The predicted molar refractivity (Wildman–Crippen MR) is 57.6 cm³/mol. The van der Waals surface area contributed by atoms with Crippen LogP contribution in [0.3, 0.4) is 0 Å². The summed E-state index contributed by atoms with van der Waals surface area (Å²) in [5, 5.41) is -1.37. The second-order valence-corrected chi connectivity index (χ2v) is 5.73. The van der Waals surface area contributed by atoms with Crippen molar-refractivity contribution >= 4 is 12.9 Å². The van der Waals surface area contributed by atoms with Crippen LogP contribution in [0.4, 0.5) is 30.7 Å². The van der Waals surface area contributed by atoms with Crippen LogP contribution in [0.2, 0.25) is 0 Å². The Bertz CT molecular complexity index is 573. The molecule has 2 N–H and O–H groups in total. The average Bonchev–Trinajstić information content (AvgIpc) is 2.17. The molecule has 0 aliphatic rings. The number of hydrogen-bond acceptors (Lipinski definition) is 1. The summed E-state index contributed by atoms with van der Waals surface area (Å²) in [4.78, 5) is 17.6. The van der Waals surface area contributed by atoms with Gasteiger partial charge in [-0.25, -0.2) is 4.39 Å². The number of rotatable bonds is 3. The summed E-state index contributed by atoms with van der Waals surface area (Å²) in [6, 6.07) is 0.795. The Morgan fingerprint density at radius 3 is 1.81 bits per heavy atom. The van der Waals surface area contributed by atoms with Gasteiger partial charge in [-0.1, -0.05) is 6.07 Å². The van der Waals surface area contributed by atoms with Crippen LogP contribution in [0.15, 0.2) is 12.1 Å². The van der Waals surface area contributed by atoms with E-state index in [2.05, 4.69) is 0 Å². The first-order valence-electron chi connectivity index (χ1n) is 5.20. The lowest BCUT2D eigenvalue weighted by Gasteiger charge is -2.17. The second kappa shape index (κ2) is 5.58. The van der Waals surface area contributed by atoms with Crippen LogP contribution in [0.25, 0.3) is 0 Å². The van der Waals surface area contributed by atoms with Crippen LogP contribution >= 0.6 is 7.60 Å². The van der Waals surface area contributed by atoms with Crippen molar-refractivity contribution in [2.45, 2.75) is 25.2 Å². The molecule has 120 valence electrons. The van der Waals surface area contributed by atoms with Crippen molar-refractivity contribution in [3.05, 3.63) is 29.1 Å². The molecule has 0 spiro atoms. The minimum Gasteiger partial charge on any atom is -0.321 e. The predicted octanol–water partition coefficient (Wildman–Crippen LogP) is 2.84. The van der Waals surface area contributed by atoms with Crippen molar-refractivity contribution < 1.29 is 45.1 Å². The highest BCUT2D eigenvalue weighted by Gasteiger charge is 2.37. The van der Waals surface area contributed by atoms with Gasteiger partial charge in [0.15, 0.2) is 0 Å². The highest BCUT2D eigenvalue weighted by atomic mass is 31.2. The first-order valence-corrected chi connectivity index (χ1v) is 6.82. The van der Waals surface area contributed by atoms with E-state index >= 15 is 0 Å².